The van der Waals surface area contributed by atoms with Crippen LogP contribution in [-0.2, 0) is 6.54 Å². The molecule has 0 amide bonds. The first-order chi connectivity index (χ1) is 6.74. The Bertz CT molecular complexity index is 374. The van der Waals surface area contributed by atoms with E-state index in [1.54, 1.807) is 6.07 Å². The second-order valence-electron chi connectivity index (χ2n) is 2.73. The molecule has 0 spiro atoms. The van der Waals surface area contributed by atoms with E-state index in [1.807, 2.05) is 6.07 Å². The lowest BCUT2D eigenvalue weighted by Crippen LogP contribution is -2.12. The van der Waals surface area contributed by atoms with Gasteiger partial charge in [-0.2, -0.15) is 0 Å². The predicted molar refractivity (Wildman–Crippen MR) is 60.9 cm³/mol. The van der Waals surface area contributed by atoms with Gasteiger partial charge in [0.1, 0.15) is 0 Å². The lowest BCUT2D eigenvalue weighted by Gasteiger charge is -2.00. The first kappa shape index (κ1) is 13.4. The Morgan fingerprint density at radius 2 is 2.27 bits per heavy atom. The molecular weight excluding hydrogens is 216 g/mol. The van der Waals surface area contributed by atoms with Crippen LogP contribution in [-0.4, -0.2) is 11.5 Å². The number of nitro benzene ring substituents is 1. The summed E-state index contributed by atoms with van der Waals surface area (Å²) in [7, 11) is 0. The number of non-ortho nitro benzene ring substituents is 1. The number of nitrogens with one attached hydrogen (secondary N) is 1. The average Bonchev–Trinajstić information content (AvgIpc) is 2.19. The van der Waals surface area contributed by atoms with Crippen LogP contribution in [0.3, 0.4) is 0 Å². The number of benzene rings is 1. The van der Waals surface area contributed by atoms with E-state index >= 15 is 0 Å². The molecular formula is C10H11ClN2O2. The molecule has 0 bridgehead atoms. The predicted octanol–water partition coefficient (Wildman–Crippen LogP) is 1.74. The third-order valence-electron chi connectivity index (χ3n) is 1.68. The van der Waals surface area contributed by atoms with Crippen molar-refractivity contribution in [3.63, 3.8) is 0 Å². The van der Waals surface area contributed by atoms with Crippen molar-refractivity contribution in [2.24, 2.45) is 0 Å². The summed E-state index contributed by atoms with van der Waals surface area (Å²) >= 11 is 0. The van der Waals surface area contributed by atoms with Crippen LogP contribution < -0.4 is 5.32 Å². The van der Waals surface area contributed by atoms with Gasteiger partial charge in [-0.3, -0.25) is 10.1 Å². The number of hydrogen-bond donors (Lipinski definition) is 1. The molecule has 4 nitrogen and oxygen atoms in total. The number of nitrogens with zero attached hydrogens (tertiary/aromatic N) is 1. The summed E-state index contributed by atoms with van der Waals surface area (Å²) in [5, 5.41) is 13.4. The second-order valence-corrected chi connectivity index (χ2v) is 2.73. The number of nitro groups is 1. The van der Waals surface area contributed by atoms with Gasteiger partial charge >= 0.3 is 0 Å². The quantitative estimate of drug-likeness (QED) is 0.368. The Morgan fingerprint density at radius 1 is 1.53 bits per heavy atom. The van der Waals surface area contributed by atoms with Crippen molar-refractivity contribution >= 4 is 18.1 Å². The number of hydrogen-bond acceptors (Lipinski definition) is 3. The maximum absolute atomic E-state index is 10.4. The zero-order valence-corrected chi connectivity index (χ0v) is 8.79. The van der Waals surface area contributed by atoms with Crippen LogP contribution in [0.2, 0.25) is 0 Å². The molecule has 0 aliphatic heterocycles. The summed E-state index contributed by atoms with van der Waals surface area (Å²) in [6.45, 7) is 1.01. The van der Waals surface area contributed by atoms with Gasteiger partial charge in [-0.15, -0.1) is 18.8 Å². The minimum Gasteiger partial charge on any atom is -0.302 e. The van der Waals surface area contributed by atoms with Gasteiger partial charge in [0.25, 0.3) is 5.69 Å². The van der Waals surface area contributed by atoms with Gasteiger partial charge in [0.2, 0.25) is 0 Å². The summed E-state index contributed by atoms with van der Waals surface area (Å²) in [6.07, 6.45) is 5.05. The monoisotopic (exact) mass is 226 g/mol. The fourth-order valence-electron chi connectivity index (χ4n) is 1.06. The maximum Gasteiger partial charge on any atom is 0.269 e. The fraction of sp³-hybridized carbons (Fsp3) is 0.200. The molecule has 0 aliphatic rings. The molecule has 15 heavy (non-hydrogen) atoms. The molecule has 0 radical (unpaired) electrons. The third kappa shape index (κ3) is 4.45. The van der Waals surface area contributed by atoms with Crippen molar-refractivity contribution < 1.29 is 4.92 Å². The Hall–Kier alpha value is -1.57. The zero-order chi connectivity index (χ0) is 10.4. The molecule has 0 saturated carbocycles. The molecule has 0 unspecified atom stereocenters. The van der Waals surface area contributed by atoms with Crippen LogP contribution in [0.25, 0.3) is 0 Å². The molecule has 0 fully saturated rings. The highest BCUT2D eigenvalue weighted by Gasteiger charge is 2.04. The molecule has 1 aromatic rings. The Balaban J connectivity index is 0.00000196. The van der Waals surface area contributed by atoms with Crippen LogP contribution in [0, 0.1) is 22.5 Å². The normalized spacial score (nSPS) is 8.73. The smallest absolute Gasteiger partial charge is 0.269 e. The zero-order valence-electron chi connectivity index (χ0n) is 7.97. The van der Waals surface area contributed by atoms with Crippen molar-refractivity contribution in [2.45, 2.75) is 6.54 Å². The standard InChI is InChI=1S/C10H10N2O2.ClH/c1-2-6-11-8-9-4-3-5-10(7-9)12(13)14;/h1,3-5,7,11H,6,8H2;1H. The summed E-state index contributed by atoms with van der Waals surface area (Å²) in [6, 6.07) is 6.47. The highest BCUT2D eigenvalue weighted by molar-refractivity contribution is 5.85. The van der Waals surface area contributed by atoms with Gasteiger partial charge in [0.15, 0.2) is 0 Å². The van der Waals surface area contributed by atoms with Gasteiger partial charge < -0.3 is 5.32 Å². The fourth-order valence-corrected chi connectivity index (χ4v) is 1.06. The van der Waals surface area contributed by atoms with Crippen LogP contribution in [0.4, 0.5) is 5.69 Å². The van der Waals surface area contributed by atoms with E-state index in [2.05, 4.69) is 11.2 Å². The first-order valence-corrected chi connectivity index (χ1v) is 4.11. The van der Waals surface area contributed by atoms with Gasteiger partial charge in [-0.25, -0.2) is 0 Å². The molecule has 0 aliphatic carbocycles. The lowest BCUT2D eigenvalue weighted by atomic mass is 10.2. The van der Waals surface area contributed by atoms with Crippen LogP contribution in [0.5, 0.6) is 0 Å². The van der Waals surface area contributed by atoms with Crippen molar-refractivity contribution in [3.8, 4) is 12.3 Å². The van der Waals surface area contributed by atoms with E-state index in [-0.39, 0.29) is 18.1 Å². The SMILES string of the molecule is C#CCNCc1cccc([N+](=O)[O-])c1.Cl. The maximum atomic E-state index is 10.4. The number of rotatable bonds is 4. The topological polar surface area (TPSA) is 55.2 Å². The molecule has 1 rings (SSSR count). The third-order valence-corrected chi connectivity index (χ3v) is 1.68. The Morgan fingerprint density at radius 3 is 2.87 bits per heavy atom. The van der Waals surface area contributed by atoms with E-state index < -0.39 is 4.92 Å². The number of halogens is 1. The van der Waals surface area contributed by atoms with Gasteiger partial charge in [0.05, 0.1) is 11.5 Å². The lowest BCUT2D eigenvalue weighted by molar-refractivity contribution is -0.384. The van der Waals surface area contributed by atoms with E-state index in [0.29, 0.717) is 13.1 Å². The minimum absolute atomic E-state index is 0. The average molecular weight is 227 g/mol. The first-order valence-electron chi connectivity index (χ1n) is 4.11. The largest absolute Gasteiger partial charge is 0.302 e. The van der Waals surface area contributed by atoms with Crippen LogP contribution >= 0.6 is 12.4 Å². The molecule has 1 N–H and O–H groups in total. The second kappa shape index (κ2) is 6.82. The summed E-state index contributed by atoms with van der Waals surface area (Å²) in [5.41, 5.74) is 0.958. The molecule has 0 saturated heterocycles. The van der Waals surface area contributed by atoms with E-state index in [4.69, 9.17) is 6.42 Å². The summed E-state index contributed by atoms with van der Waals surface area (Å²) in [5.74, 6) is 2.43. The Kier molecular flexibility index (Phi) is 6.11. The summed E-state index contributed by atoms with van der Waals surface area (Å²) in [4.78, 5) is 10.0. The van der Waals surface area contributed by atoms with Gasteiger partial charge in [-0.05, 0) is 5.56 Å². The van der Waals surface area contributed by atoms with Crippen molar-refractivity contribution in [3.05, 3.63) is 39.9 Å². The highest BCUT2D eigenvalue weighted by atomic mass is 35.5. The van der Waals surface area contributed by atoms with Crippen LogP contribution in [0.15, 0.2) is 24.3 Å². The molecule has 80 valence electrons. The van der Waals surface area contributed by atoms with Crippen molar-refractivity contribution in [1.82, 2.24) is 5.32 Å². The molecule has 0 heterocycles. The molecule has 5 heteroatoms. The Labute approximate surface area is 94.2 Å². The van der Waals surface area contributed by atoms with Crippen molar-refractivity contribution in [2.75, 3.05) is 6.54 Å². The highest BCUT2D eigenvalue weighted by Crippen LogP contribution is 2.12. The van der Waals surface area contributed by atoms with E-state index in [0.717, 1.165) is 5.56 Å². The molecule has 0 aromatic heterocycles. The van der Waals surface area contributed by atoms with Gasteiger partial charge in [0, 0.05) is 18.7 Å². The molecule has 0 atom stereocenters. The number of terminal acetylenes is 1. The van der Waals surface area contributed by atoms with E-state index in [9.17, 15) is 10.1 Å². The van der Waals surface area contributed by atoms with Crippen LogP contribution in [0.1, 0.15) is 5.56 Å². The van der Waals surface area contributed by atoms with Gasteiger partial charge in [-0.1, -0.05) is 18.1 Å². The molecule has 1 aromatic carbocycles. The van der Waals surface area contributed by atoms with Crippen molar-refractivity contribution in [1.29, 1.82) is 0 Å². The minimum atomic E-state index is -0.412. The summed E-state index contributed by atoms with van der Waals surface area (Å²) < 4.78 is 0. The van der Waals surface area contributed by atoms with E-state index in [1.165, 1.54) is 12.1 Å².